The lowest BCUT2D eigenvalue weighted by molar-refractivity contribution is 0.354. The van der Waals surface area contributed by atoms with E-state index in [0.29, 0.717) is 29.0 Å². The highest BCUT2D eigenvalue weighted by atomic mass is 35.5. The Morgan fingerprint density at radius 3 is 2.67 bits per heavy atom. The average molecular weight is 268 g/mol. The van der Waals surface area contributed by atoms with Crippen molar-refractivity contribution < 1.29 is 9.47 Å². The molecule has 5 nitrogen and oxygen atoms in total. The van der Waals surface area contributed by atoms with E-state index in [2.05, 4.69) is 4.98 Å². The van der Waals surface area contributed by atoms with Crippen molar-refractivity contribution in [3.8, 4) is 11.5 Å². The zero-order valence-corrected chi connectivity index (χ0v) is 10.9. The van der Waals surface area contributed by atoms with E-state index in [-0.39, 0.29) is 0 Å². The van der Waals surface area contributed by atoms with Crippen molar-refractivity contribution in [3.63, 3.8) is 0 Å². The maximum atomic E-state index is 6.28. The lowest BCUT2D eigenvalue weighted by Crippen LogP contribution is -2.05. The van der Waals surface area contributed by atoms with Gasteiger partial charge in [0.15, 0.2) is 17.4 Å². The normalized spacial score (nSPS) is 10.4. The summed E-state index contributed by atoms with van der Waals surface area (Å²) in [6, 6.07) is 3.69. The molecule has 2 N–H and O–H groups in total. The van der Waals surface area contributed by atoms with Gasteiger partial charge in [-0.3, -0.25) is 0 Å². The van der Waals surface area contributed by atoms with Gasteiger partial charge in [-0.1, -0.05) is 17.7 Å². The van der Waals surface area contributed by atoms with Gasteiger partial charge < -0.3 is 19.8 Å². The molecular formula is C12H14ClN3O2. The molecule has 0 saturated heterocycles. The van der Waals surface area contributed by atoms with Gasteiger partial charge in [0.25, 0.3) is 0 Å². The van der Waals surface area contributed by atoms with Gasteiger partial charge in [0.2, 0.25) is 0 Å². The molecule has 1 heterocycles. The van der Waals surface area contributed by atoms with E-state index in [1.807, 2.05) is 12.1 Å². The Kier molecular flexibility index (Phi) is 3.62. The molecule has 0 aliphatic carbocycles. The van der Waals surface area contributed by atoms with Crippen LogP contribution in [0.25, 0.3) is 0 Å². The molecule has 0 saturated carbocycles. The summed E-state index contributed by atoms with van der Waals surface area (Å²) in [6.07, 6.45) is 3.44. The summed E-state index contributed by atoms with van der Waals surface area (Å²) in [5.41, 5.74) is 6.61. The fraction of sp³-hybridized carbons (Fsp3) is 0.250. The first-order valence-electron chi connectivity index (χ1n) is 5.33. The second-order valence-electron chi connectivity index (χ2n) is 3.69. The molecule has 0 amide bonds. The van der Waals surface area contributed by atoms with E-state index >= 15 is 0 Å². The SMILES string of the molecule is COc1ccc(Cn2ccnc2N)c(Cl)c1OC. The number of halogens is 1. The predicted molar refractivity (Wildman–Crippen MR) is 70.3 cm³/mol. The summed E-state index contributed by atoms with van der Waals surface area (Å²) >= 11 is 6.28. The lowest BCUT2D eigenvalue weighted by Gasteiger charge is -2.13. The number of imidazole rings is 1. The van der Waals surface area contributed by atoms with Crippen LogP contribution in [0, 0.1) is 0 Å². The summed E-state index contributed by atoms with van der Waals surface area (Å²) in [4.78, 5) is 3.96. The first kappa shape index (κ1) is 12.6. The maximum absolute atomic E-state index is 6.28. The Balaban J connectivity index is 2.38. The third-order valence-corrected chi connectivity index (χ3v) is 3.07. The largest absolute Gasteiger partial charge is 0.493 e. The van der Waals surface area contributed by atoms with Gasteiger partial charge in [0.05, 0.1) is 25.8 Å². The molecule has 2 aromatic rings. The highest BCUT2D eigenvalue weighted by Crippen LogP contribution is 2.37. The molecule has 1 aromatic carbocycles. The number of benzene rings is 1. The van der Waals surface area contributed by atoms with Crippen LogP contribution in [0.3, 0.4) is 0 Å². The van der Waals surface area contributed by atoms with Crippen LogP contribution in [0.2, 0.25) is 5.02 Å². The number of rotatable bonds is 4. The van der Waals surface area contributed by atoms with E-state index in [1.54, 1.807) is 31.2 Å². The Morgan fingerprint density at radius 2 is 2.11 bits per heavy atom. The number of aromatic nitrogens is 2. The van der Waals surface area contributed by atoms with Gasteiger partial charge in [-0.25, -0.2) is 4.98 Å². The second kappa shape index (κ2) is 5.18. The first-order valence-corrected chi connectivity index (χ1v) is 5.71. The molecule has 6 heteroatoms. The minimum Gasteiger partial charge on any atom is -0.493 e. The van der Waals surface area contributed by atoms with Crippen molar-refractivity contribution in [1.29, 1.82) is 0 Å². The molecule has 96 valence electrons. The number of ether oxygens (including phenoxy) is 2. The highest BCUT2D eigenvalue weighted by molar-refractivity contribution is 6.33. The predicted octanol–water partition coefficient (Wildman–Crippen LogP) is 2.18. The molecule has 0 aliphatic heterocycles. The Hall–Kier alpha value is -1.88. The van der Waals surface area contributed by atoms with Crippen LogP contribution >= 0.6 is 11.6 Å². The molecule has 0 bridgehead atoms. The van der Waals surface area contributed by atoms with Crippen LogP contribution in [0.4, 0.5) is 5.95 Å². The number of nitrogens with zero attached hydrogens (tertiary/aromatic N) is 2. The van der Waals surface area contributed by atoms with Crippen molar-refractivity contribution in [3.05, 3.63) is 35.1 Å². The fourth-order valence-corrected chi connectivity index (χ4v) is 2.00. The molecule has 18 heavy (non-hydrogen) atoms. The first-order chi connectivity index (χ1) is 8.67. The topological polar surface area (TPSA) is 62.3 Å². The molecule has 0 spiro atoms. The fourth-order valence-electron chi connectivity index (χ4n) is 1.71. The molecular weight excluding hydrogens is 254 g/mol. The Labute approximate surface area is 110 Å². The van der Waals surface area contributed by atoms with E-state index in [9.17, 15) is 0 Å². The van der Waals surface area contributed by atoms with Crippen molar-refractivity contribution in [1.82, 2.24) is 9.55 Å². The average Bonchev–Trinajstić information content (AvgIpc) is 2.77. The number of hydrogen-bond acceptors (Lipinski definition) is 4. The Morgan fingerprint density at radius 1 is 1.33 bits per heavy atom. The summed E-state index contributed by atoms with van der Waals surface area (Å²) in [5, 5.41) is 0.518. The second-order valence-corrected chi connectivity index (χ2v) is 4.07. The quantitative estimate of drug-likeness (QED) is 0.922. The van der Waals surface area contributed by atoms with Gasteiger partial charge >= 0.3 is 0 Å². The monoisotopic (exact) mass is 267 g/mol. The molecule has 0 aliphatic rings. The summed E-state index contributed by atoms with van der Waals surface area (Å²) in [6.45, 7) is 0.533. The van der Waals surface area contributed by atoms with Crippen molar-refractivity contribution in [2.24, 2.45) is 0 Å². The maximum Gasteiger partial charge on any atom is 0.200 e. The number of methoxy groups -OCH3 is 2. The molecule has 2 rings (SSSR count). The number of nitrogen functional groups attached to an aromatic ring is 1. The van der Waals surface area contributed by atoms with Crippen LogP contribution in [0.1, 0.15) is 5.56 Å². The molecule has 0 atom stereocenters. The number of anilines is 1. The highest BCUT2D eigenvalue weighted by Gasteiger charge is 2.13. The molecule has 0 radical (unpaired) electrons. The zero-order valence-electron chi connectivity index (χ0n) is 10.2. The number of hydrogen-bond donors (Lipinski definition) is 1. The molecule has 0 fully saturated rings. The van der Waals surface area contributed by atoms with Gasteiger partial charge in [0, 0.05) is 12.4 Å². The number of nitrogens with two attached hydrogens (primary N) is 1. The van der Waals surface area contributed by atoms with Crippen LogP contribution < -0.4 is 15.2 Å². The minimum absolute atomic E-state index is 0.445. The lowest BCUT2D eigenvalue weighted by atomic mass is 10.2. The third kappa shape index (κ3) is 2.22. The summed E-state index contributed by atoms with van der Waals surface area (Å²) < 4.78 is 12.2. The van der Waals surface area contributed by atoms with Crippen LogP contribution in [-0.2, 0) is 6.54 Å². The standard InChI is InChI=1S/C12H14ClN3O2/c1-17-9-4-3-8(10(13)11(9)18-2)7-16-6-5-15-12(16)14/h3-6H,7H2,1-2H3,(H2,14,15). The van der Waals surface area contributed by atoms with Crippen LogP contribution in [0.5, 0.6) is 11.5 Å². The van der Waals surface area contributed by atoms with Crippen LogP contribution in [0.15, 0.2) is 24.5 Å². The van der Waals surface area contributed by atoms with Crippen molar-refractivity contribution in [2.45, 2.75) is 6.54 Å². The van der Waals surface area contributed by atoms with Crippen molar-refractivity contribution in [2.75, 3.05) is 20.0 Å². The van der Waals surface area contributed by atoms with Crippen LogP contribution in [-0.4, -0.2) is 23.8 Å². The third-order valence-electron chi connectivity index (χ3n) is 2.65. The van der Waals surface area contributed by atoms with E-state index < -0.39 is 0 Å². The van der Waals surface area contributed by atoms with E-state index in [1.165, 1.54) is 0 Å². The van der Waals surface area contributed by atoms with Gasteiger partial charge in [-0.15, -0.1) is 0 Å². The van der Waals surface area contributed by atoms with Gasteiger partial charge in [0.1, 0.15) is 0 Å². The smallest absolute Gasteiger partial charge is 0.200 e. The van der Waals surface area contributed by atoms with E-state index in [0.717, 1.165) is 5.56 Å². The Bertz CT molecular complexity index is 554. The summed E-state index contributed by atoms with van der Waals surface area (Å²) in [7, 11) is 3.13. The summed E-state index contributed by atoms with van der Waals surface area (Å²) in [5.74, 6) is 1.57. The minimum atomic E-state index is 0.445. The van der Waals surface area contributed by atoms with E-state index in [4.69, 9.17) is 26.8 Å². The molecule has 1 aromatic heterocycles. The molecule has 0 unspecified atom stereocenters. The van der Waals surface area contributed by atoms with Gasteiger partial charge in [-0.05, 0) is 11.6 Å². The zero-order chi connectivity index (χ0) is 13.1. The van der Waals surface area contributed by atoms with Gasteiger partial charge in [-0.2, -0.15) is 0 Å². The van der Waals surface area contributed by atoms with Crippen molar-refractivity contribution >= 4 is 17.5 Å².